The quantitative estimate of drug-likeness (QED) is 0.668. The molecular weight excluding hydrogens is 332 g/mol. The largest absolute Gasteiger partial charge is 0.358 e. The van der Waals surface area contributed by atoms with Crippen LogP contribution in [0.4, 0.5) is 0 Å². The number of likely N-dealkylation sites (N-methyl/N-ethyl adjacent to an activating group) is 2. The van der Waals surface area contributed by atoms with Crippen molar-refractivity contribution in [2.45, 2.75) is 112 Å². The third-order valence-electron chi connectivity index (χ3n) is 8.14. The van der Waals surface area contributed by atoms with Crippen LogP contribution < -0.4 is 0 Å². The van der Waals surface area contributed by atoms with Gasteiger partial charge < -0.3 is 0 Å². The van der Waals surface area contributed by atoms with Gasteiger partial charge in [-0.2, -0.15) is 9.80 Å². The van der Waals surface area contributed by atoms with Gasteiger partial charge in [-0.1, -0.05) is 0 Å². The number of quaternary nitrogens is 2. The van der Waals surface area contributed by atoms with Crippen LogP contribution in [0.2, 0.25) is 0 Å². The van der Waals surface area contributed by atoms with Gasteiger partial charge in [0.05, 0.1) is 38.8 Å². The first-order valence-electron chi connectivity index (χ1n) is 11.6. The Kier molecular flexibility index (Phi) is 5.97. The molecule has 0 aliphatic carbocycles. The molecule has 27 heavy (non-hydrogen) atoms. The minimum atomic E-state index is 0.00231. The molecule has 2 saturated heterocycles. The van der Waals surface area contributed by atoms with Crippen molar-refractivity contribution in [1.82, 2.24) is 9.80 Å². The average Bonchev–Trinajstić information content (AvgIpc) is 2.97. The van der Waals surface area contributed by atoms with Crippen LogP contribution in [0, 0.1) is 0 Å². The van der Waals surface area contributed by atoms with Gasteiger partial charge in [0.15, 0.2) is 0 Å². The number of hydrogen-bond acceptors (Lipinski definition) is 2. The van der Waals surface area contributed by atoms with Crippen molar-refractivity contribution >= 4 is 0 Å². The maximum atomic E-state index is 2.95. The van der Waals surface area contributed by atoms with Crippen LogP contribution in [-0.2, 0) is 0 Å². The zero-order valence-electron chi connectivity index (χ0n) is 20.7. The number of rotatable bonds is 4. The highest BCUT2D eigenvalue weighted by atomic mass is 15.9. The maximum Gasteiger partial charge on any atom is 0.358 e. The Labute approximate surface area is 170 Å². The van der Waals surface area contributed by atoms with Gasteiger partial charge in [-0.05, 0) is 83.1 Å². The molecule has 2 heterocycles. The molecule has 3 unspecified atom stereocenters. The number of hydrogen-bond donors (Lipinski definition) is 0. The van der Waals surface area contributed by atoms with Gasteiger partial charge in [0.1, 0.15) is 12.6 Å². The van der Waals surface area contributed by atoms with Gasteiger partial charge in [0.25, 0.3) is 0 Å². The molecule has 4 heteroatoms. The summed E-state index contributed by atoms with van der Waals surface area (Å²) in [5, 5.41) is 0. The second-order valence-electron chi connectivity index (χ2n) is 11.2. The van der Waals surface area contributed by atoms with E-state index in [-0.39, 0.29) is 17.0 Å². The molecule has 0 aromatic heterocycles. The minimum absolute atomic E-state index is 0.00231. The topological polar surface area (TPSA) is 6.48 Å². The Morgan fingerprint density at radius 1 is 0.815 bits per heavy atom. The van der Waals surface area contributed by atoms with Crippen molar-refractivity contribution in [2.24, 2.45) is 0 Å². The molecule has 4 nitrogen and oxygen atoms in total. The van der Waals surface area contributed by atoms with Gasteiger partial charge in [-0.15, -0.1) is 0 Å². The summed E-state index contributed by atoms with van der Waals surface area (Å²) >= 11 is 0. The highest BCUT2D eigenvalue weighted by Crippen LogP contribution is 2.56. The van der Waals surface area contributed by atoms with Crippen molar-refractivity contribution in [3.63, 3.8) is 0 Å². The summed E-state index contributed by atoms with van der Waals surface area (Å²) in [6.45, 7) is 36.7. The molecule has 2 aliphatic rings. The van der Waals surface area contributed by atoms with E-state index in [1.165, 1.54) is 48.2 Å². The molecule has 0 aromatic rings. The Bertz CT molecular complexity index is 521. The normalized spacial score (nSPS) is 34.7. The monoisotopic (exact) mass is 382 g/mol. The SMILES string of the molecule is CC[N+]1(CC)CC(C)N(C(C)(C)C)C12N(C(C)(C)C)CC(C)[N+]2(CC)CC. The van der Waals surface area contributed by atoms with Crippen molar-refractivity contribution in [2.75, 3.05) is 39.3 Å². The molecule has 2 aliphatic heterocycles. The second kappa shape index (κ2) is 6.97. The van der Waals surface area contributed by atoms with E-state index in [1.807, 2.05) is 0 Å². The van der Waals surface area contributed by atoms with Crippen LogP contribution >= 0.6 is 0 Å². The predicted octanol–water partition coefficient (Wildman–Crippen LogP) is 4.32. The average molecular weight is 383 g/mol. The fourth-order valence-corrected chi connectivity index (χ4v) is 7.35. The van der Waals surface area contributed by atoms with Crippen molar-refractivity contribution in [3.8, 4) is 0 Å². The van der Waals surface area contributed by atoms with Gasteiger partial charge in [0.2, 0.25) is 0 Å². The van der Waals surface area contributed by atoms with Gasteiger partial charge in [-0.25, -0.2) is 8.97 Å². The first-order valence-corrected chi connectivity index (χ1v) is 11.6. The third kappa shape index (κ3) is 2.77. The molecule has 2 rings (SSSR count). The maximum absolute atomic E-state index is 2.95. The summed E-state index contributed by atoms with van der Waals surface area (Å²) in [5.41, 5.74) is 0.269. The molecule has 0 bridgehead atoms. The van der Waals surface area contributed by atoms with Gasteiger partial charge in [0, 0.05) is 11.1 Å². The van der Waals surface area contributed by atoms with Crippen molar-refractivity contribution in [1.29, 1.82) is 0 Å². The summed E-state index contributed by atoms with van der Waals surface area (Å²) in [7, 11) is 0. The lowest BCUT2D eigenvalue weighted by molar-refractivity contribution is -1.18. The highest BCUT2D eigenvalue weighted by Gasteiger charge is 2.82. The van der Waals surface area contributed by atoms with E-state index in [0.717, 1.165) is 0 Å². The Balaban J connectivity index is 3.00. The highest BCUT2D eigenvalue weighted by molar-refractivity contribution is 5.01. The van der Waals surface area contributed by atoms with E-state index < -0.39 is 0 Å². The summed E-state index contributed by atoms with van der Waals surface area (Å²) < 4.78 is 2.38. The smallest absolute Gasteiger partial charge is 0.242 e. The lowest BCUT2D eigenvalue weighted by atomic mass is 9.99. The molecule has 1 spiro atoms. The van der Waals surface area contributed by atoms with Gasteiger partial charge in [-0.3, -0.25) is 0 Å². The lowest BCUT2D eigenvalue weighted by Gasteiger charge is -2.62. The molecule has 0 radical (unpaired) electrons. The van der Waals surface area contributed by atoms with Crippen LogP contribution in [0.15, 0.2) is 0 Å². The van der Waals surface area contributed by atoms with Crippen molar-refractivity contribution < 1.29 is 8.97 Å². The van der Waals surface area contributed by atoms with E-state index in [9.17, 15) is 0 Å². The molecule has 3 atom stereocenters. The van der Waals surface area contributed by atoms with E-state index in [2.05, 4.69) is 92.9 Å². The molecular formula is C23H50N4+2. The fourth-order valence-electron chi connectivity index (χ4n) is 7.35. The van der Waals surface area contributed by atoms with Gasteiger partial charge >= 0.3 is 5.91 Å². The standard InChI is InChI=1S/C23H50N4/c1-13-26(14-2)18-19(5)25(22(10,11)12)23(26)24(21(7,8)9)17-20(6)27(23,15-3)16-4/h19-20H,13-18H2,1-12H3/q+2. The second-order valence-corrected chi connectivity index (χ2v) is 11.2. The van der Waals surface area contributed by atoms with E-state index in [0.29, 0.717) is 12.1 Å². The minimum Gasteiger partial charge on any atom is -0.242 e. The van der Waals surface area contributed by atoms with E-state index in [4.69, 9.17) is 0 Å². The summed E-state index contributed by atoms with van der Waals surface area (Å²) in [5.74, 6) is 0.00231. The van der Waals surface area contributed by atoms with Crippen molar-refractivity contribution in [3.05, 3.63) is 0 Å². The molecule has 0 N–H and O–H groups in total. The van der Waals surface area contributed by atoms with Crippen LogP contribution in [0.25, 0.3) is 0 Å². The van der Waals surface area contributed by atoms with E-state index >= 15 is 0 Å². The first kappa shape index (κ1) is 23.1. The zero-order chi connectivity index (χ0) is 21.1. The molecule has 0 amide bonds. The van der Waals surface area contributed by atoms with Crippen LogP contribution in [0.1, 0.15) is 83.1 Å². The molecule has 0 aromatic carbocycles. The van der Waals surface area contributed by atoms with Crippen LogP contribution in [0.3, 0.4) is 0 Å². The molecule has 2 fully saturated rings. The number of nitrogens with zero attached hydrogens (tertiary/aromatic N) is 4. The lowest BCUT2D eigenvalue weighted by Crippen LogP contribution is -2.87. The molecule has 160 valence electrons. The van der Waals surface area contributed by atoms with Crippen LogP contribution in [-0.4, -0.2) is 87.1 Å². The molecule has 0 saturated carbocycles. The fraction of sp³-hybridized carbons (Fsp3) is 1.00. The van der Waals surface area contributed by atoms with Crippen LogP contribution in [0.5, 0.6) is 0 Å². The van der Waals surface area contributed by atoms with E-state index in [1.54, 1.807) is 0 Å². The Morgan fingerprint density at radius 2 is 1.30 bits per heavy atom. The summed E-state index contributed by atoms with van der Waals surface area (Å²) in [6, 6.07) is 1.22. The zero-order valence-corrected chi connectivity index (χ0v) is 20.7. The Morgan fingerprint density at radius 3 is 1.63 bits per heavy atom. The third-order valence-corrected chi connectivity index (χ3v) is 8.14. The Hall–Kier alpha value is -0.160. The predicted molar refractivity (Wildman–Crippen MR) is 117 cm³/mol. The summed E-state index contributed by atoms with van der Waals surface area (Å²) in [6.07, 6.45) is 0. The first-order chi connectivity index (χ1) is 12.3. The summed E-state index contributed by atoms with van der Waals surface area (Å²) in [4.78, 5) is 5.88.